The molecule has 2 aromatic heterocycles. The van der Waals surface area contributed by atoms with Gasteiger partial charge in [-0.15, -0.1) is 10.2 Å². The van der Waals surface area contributed by atoms with Gasteiger partial charge in [-0.25, -0.2) is 0 Å². The lowest BCUT2D eigenvalue weighted by atomic mass is 10.2. The van der Waals surface area contributed by atoms with Crippen LogP contribution in [0.5, 0.6) is 0 Å². The Morgan fingerprint density at radius 1 is 1.30 bits per heavy atom. The van der Waals surface area contributed by atoms with Gasteiger partial charge in [0.25, 0.3) is 10.9 Å². The van der Waals surface area contributed by atoms with Gasteiger partial charge in [0.2, 0.25) is 5.89 Å². The van der Waals surface area contributed by atoms with Crippen molar-refractivity contribution in [2.45, 2.75) is 10.1 Å². The van der Waals surface area contributed by atoms with E-state index < -0.39 is 4.92 Å². The molecule has 3 aromatic rings. The molecule has 0 atom stereocenters. The van der Waals surface area contributed by atoms with Crippen LogP contribution < -0.4 is 0 Å². The molecule has 0 amide bonds. The van der Waals surface area contributed by atoms with Gasteiger partial charge in [0, 0.05) is 29.4 Å². The highest BCUT2D eigenvalue weighted by Gasteiger charge is 2.15. The van der Waals surface area contributed by atoms with Crippen molar-refractivity contribution >= 4 is 17.4 Å². The van der Waals surface area contributed by atoms with Gasteiger partial charge in [0.15, 0.2) is 0 Å². The third-order valence-electron chi connectivity index (χ3n) is 2.81. The van der Waals surface area contributed by atoms with E-state index >= 15 is 0 Å². The van der Waals surface area contributed by atoms with Crippen molar-refractivity contribution in [2.75, 3.05) is 0 Å². The Kier molecular flexibility index (Phi) is 3.99. The Balaban J connectivity index is 1.87. The van der Waals surface area contributed by atoms with E-state index in [1.165, 1.54) is 18.2 Å². The van der Waals surface area contributed by atoms with Gasteiger partial charge in [0.1, 0.15) is 6.07 Å². The molecule has 0 saturated heterocycles. The topological polar surface area (TPSA) is 119 Å². The van der Waals surface area contributed by atoms with Gasteiger partial charge in [-0.05, 0) is 30.0 Å². The van der Waals surface area contributed by atoms with Crippen LogP contribution in [0.3, 0.4) is 0 Å². The first-order valence-electron chi connectivity index (χ1n) is 6.27. The first kappa shape index (κ1) is 14.7. The van der Waals surface area contributed by atoms with Gasteiger partial charge in [-0.3, -0.25) is 15.1 Å². The minimum Gasteiger partial charge on any atom is -0.411 e. The van der Waals surface area contributed by atoms with Crippen LogP contribution >= 0.6 is 11.8 Å². The third kappa shape index (κ3) is 3.17. The van der Waals surface area contributed by atoms with Crippen molar-refractivity contribution in [3.8, 4) is 17.5 Å². The number of benzene rings is 1. The molecule has 2 heterocycles. The van der Waals surface area contributed by atoms with E-state index in [2.05, 4.69) is 15.2 Å². The van der Waals surface area contributed by atoms with E-state index in [0.29, 0.717) is 16.3 Å². The lowest BCUT2D eigenvalue weighted by Crippen LogP contribution is -1.90. The predicted octanol–water partition coefficient (Wildman–Crippen LogP) is 3.06. The summed E-state index contributed by atoms with van der Waals surface area (Å²) in [7, 11) is 0. The number of hydrogen-bond acceptors (Lipinski definition) is 8. The van der Waals surface area contributed by atoms with Gasteiger partial charge in [-0.2, -0.15) is 5.26 Å². The molecule has 0 N–H and O–H groups in total. The average molecular weight is 325 g/mol. The highest BCUT2D eigenvalue weighted by molar-refractivity contribution is 7.99. The molecular weight excluding hydrogens is 318 g/mol. The van der Waals surface area contributed by atoms with Crippen molar-refractivity contribution in [3.05, 3.63) is 58.4 Å². The number of rotatable bonds is 4. The van der Waals surface area contributed by atoms with Gasteiger partial charge < -0.3 is 4.42 Å². The normalized spacial score (nSPS) is 10.2. The van der Waals surface area contributed by atoms with E-state index in [4.69, 9.17) is 9.68 Å². The van der Waals surface area contributed by atoms with Crippen molar-refractivity contribution in [3.63, 3.8) is 0 Å². The number of nitrogens with zero attached hydrogens (tertiary/aromatic N) is 5. The molecule has 9 heteroatoms. The predicted molar refractivity (Wildman–Crippen MR) is 79.5 cm³/mol. The minimum atomic E-state index is -0.553. The number of nitro groups is 1. The molecule has 0 aliphatic rings. The Morgan fingerprint density at radius 2 is 2.17 bits per heavy atom. The van der Waals surface area contributed by atoms with E-state index in [9.17, 15) is 10.1 Å². The van der Waals surface area contributed by atoms with Crippen LogP contribution in [0.4, 0.5) is 5.69 Å². The molecule has 0 spiro atoms. The second-order valence-electron chi connectivity index (χ2n) is 4.27. The zero-order valence-electron chi connectivity index (χ0n) is 11.4. The molecule has 23 heavy (non-hydrogen) atoms. The Bertz CT molecular complexity index is 904. The van der Waals surface area contributed by atoms with E-state index in [1.807, 2.05) is 6.07 Å². The molecule has 1 aromatic carbocycles. The van der Waals surface area contributed by atoms with Crippen LogP contribution in [0, 0.1) is 21.4 Å². The van der Waals surface area contributed by atoms with Crippen LogP contribution in [-0.4, -0.2) is 20.1 Å². The number of nitro benzene ring substituents is 1. The summed E-state index contributed by atoms with van der Waals surface area (Å²) >= 11 is 1.07. The fraction of sp³-hybridized carbons (Fsp3) is 0. The smallest absolute Gasteiger partial charge is 0.281 e. The number of pyridine rings is 1. The monoisotopic (exact) mass is 325 g/mol. The molecule has 0 fully saturated rings. The molecule has 3 rings (SSSR count). The number of hydrogen-bond donors (Lipinski definition) is 0. The largest absolute Gasteiger partial charge is 0.411 e. The van der Waals surface area contributed by atoms with E-state index in [1.54, 1.807) is 24.5 Å². The first-order valence-corrected chi connectivity index (χ1v) is 7.09. The zero-order chi connectivity index (χ0) is 16.2. The molecule has 0 aliphatic heterocycles. The maximum absolute atomic E-state index is 10.7. The van der Waals surface area contributed by atoms with Crippen LogP contribution in [0.1, 0.15) is 5.56 Å². The Morgan fingerprint density at radius 3 is 2.87 bits per heavy atom. The summed E-state index contributed by atoms with van der Waals surface area (Å²) < 4.78 is 5.51. The van der Waals surface area contributed by atoms with E-state index in [0.717, 1.165) is 11.8 Å². The highest BCUT2D eigenvalue weighted by atomic mass is 32.2. The molecule has 112 valence electrons. The Hall–Kier alpha value is -3.25. The fourth-order valence-corrected chi connectivity index (χ4v) is 2.50. The summed E-state index contributed by atoms with van der Waals surface area (Å²) in [4.78, 5) is 14.7. The second kappa shape index (κ2) is 6.25. The molecular formula is C14H7N5O3S. The van der Waals surface area contributed by atoms with Gasteiger partial charge >= 0.3 is 0 Å². The number of aromatic nitrogens is 3. The van der Waals surface area contributed by atoms with Gasteiger partial charge in [-0.1, -0.05) is 0 Å². The SMILES string of the molecule is N#Cc1cc([N+](=O)[O-])ccc1Sc1nnc(-c2cccnc2)o1. The highest BCUT2D eigenvalue weighted by Crippen LogP contribution is 2.32. The fourth-order valence-electron chi connectivity index (χ4n) is 1.76. The van der Waals surface area contributed by atoms with Crippen molar-refractivity contribution in [1.82, 2.24) is 15.2 Å². The number of nitriles is 1. The summed E-state index contributed by atoms with van der Waals surface area (Å²) in [5.74, 6) is 0.306. The first-order chi connectivity index (χ1) is 11.2. The van der Waals surface area contributed by atoms with Crippen molar-refractivity contribution in [1.29, 1.82) is 5.26 Å². The summed E-state index contributed by atoms with van der Waals surface area (Å²) in [5, 5.41) is 27.9. The lowest BCUT2D eigenvalue weighted by molar-refractivity contribution is -0.384. The minimum absolute atomic E-state index is 0.146. The standard InChI is InChI=1S/C14H7N5O3S/c15-7-10-6-11(19(20)21)3-4-12(10)23-14-18-17-13(22-14)9-2-1-5-16-8-9/h1-6,8H. The second-order valence-corrected chi connectivity index (χ2v) is 5.26. The summed E-state index contributed by atoms with van der Waals surface area (Å²) in [6.07, 6.45) is 3.22. The Labute approximate surface area is 134 Å². The molecule has 0 radical (unpaired) electrons. The summed E-state index contributed by atoms with van der Waals surface area (Å²) in [6, 6.07) is 9.46. The molecule has 0 bridgehead atoms. The van der Waals surface area contributed by atoms with Crippen LogP contribution in [-0.2, 0) is 0 Å². The maximum Gasteiger partial charge on any atom is 0.281 e. The molecule has 0 aliphatic carbocycles. The summed E-state index contributed by atoms with van der Waals surface area (Å²) in [6.45, 7) is 0. The van der Waals surface area contributed by atoms with Crippen molar-refractivity contribution < 1.29 is 9.34 Å². The van der Waals surface area contributed by atoms with Crippen LogP contribution in [0.2, 0.25) is 0 Å². The average Bonchev–Trinajstić information content (AvgIpc) is 3.04. The maximum atomic E-state index is 10.7. The van der Waals surface area contributed by atoms with Gasteiger partial charge in [0.05, 0.1) is 16.1 Å². The van der Waals surface area contributed by atoms with Crippen LogP contribution in [0.25, 0.3) is 11.5 Å². The molecule has 8 nitrogen and oxygen atoms in total. The molecule has 0 saturated carbocycles. The molecule has 0 unspecified atom stereocenters. The van der Waals surface area contributed by atoms with Crippen LogP contribution in [0.15, 0.2) is 57.3 Å². The quantitative estimate of drug-likeness (QED) is 0.530. The third-order valence-corrected chi connectivity index (χ3v) is 3.72. The zero-order valence-corrected chi connectivity index (χ0v) is 12.2. The lowest BCUT2D eigenvalue weighted by Gasteiger charge is -1.99. The van der Waals surface area contributed by atoms with Crippen molar-refractivity contribution in [2.24, 2.45) is 0 Å². The number of non-ortho nitro benzene ring substituents is 1. The van der Waals surface area contributed by atoms with E-state index in [-0.39, 0.29) is 16.5 Å². The summed E-state index contributed by atoms with van der Waals surface area (Å²) in [5.41, 5.74) is 0.703.